The molecule has 1 aliphatic rings. The quantitative estimate of drug-likeness (QED) is 0.721. The number of fused-ring (bicyclic) bond motifs is 1. The molecular weight excluding hydrogens is 198 g/mol. The minimum atomic E-state index is -0.223. The van der Waals surface area contributed by atoms with Gasteiger partial charge in [0.1, 0.15) is 11.3 Å². The molecule has 2 aromatic rings. The normalized spacial score (nSPS) is 18.0. The fourth-order valence-corrected chi connectivity index (χ4v) is 2.47. The first-order chi connectivity index (χ1) is 7.73. The van der Waals surface area contributed by atoms with Crippen LogP contribution in [0, 0.1) is 18.3 Å². The highest BCUT2D eigenvalue weighted by Gasteiger charge is 2.39. The molecule has 0 N–H and O–H groups in total. The Kier molecular flexibility index (Phi) is 1.85. The molecule has 0 bridgehead atoms. The summed E-state index contributed by atoms with van der Waals surface area (Å²) in [5, 5.41) is 10.4. The SMILES string of the molecule is Cc1cc2cc(C3(C#N)CCC3)ccc2o1. The minimum Gasteiger partial charge on any atom is -0.461 e. The van der Waals surface area contributed by atoms with Crippen LogP contribution in [0.5, 0.6) is 0 Å². The van der Waals surface area contributed by atoms with Crippen molar-refractivity contribution in [2.24, 2.45) is 0 Å². The number of nitrogens with zero attached hydrogens (tertiary/aromatic N) is 1. The third-order valence-electron chi connectivity index (χ3n) is 3.61. The molecule has 0 unspecified atom stereocenters. The Labute approximate surface area is 94.5 Å². The zero-order chi connectivity index (χ0) is 11.2. The van der Waals surface area contributed by atoms with Crippen LogP contribution < -0.4 is 0 Å². The van der Waals surface area contributed by atoms with E-state index < -0.39 is 0 Å². The second-order valence-electron chi connectivity index (χ2n) is 4.66. The molecule has 1 saturated carbocycles. The summed E-state index contributed by atoms with van der Waals surface area (Å²) in [5.74, 6) is 0.923. The van der Waals surface area contributed by atoms with Crippen molar-refractivity contribution >= 4 is 11.0 Å². The highest BCUT2D eigenvalue weighted by Crippen LogP contribution is 2.43. The van der Waals surface area contributed by atoms with Gasteiger partial charge in [-0.3, -0.25) is 0 Å². The predicted octanol–water partition coefficient (Wildman–Crippen LogP) is 3.69. The monoisotopic (exact) mass is 211 g/mol. The van der Waals surface area contributed by atoms with Crippen LogP contribution in [-0.4, -0.2) is 0 Å². The second-order valence-corrected chi connectivity index (χ2v) is 4.66. The molecule has 0 amide bonds. The Morgan fingerprint density at radius 2 is 2.12 bits per heavy atom. The summed E-state index contributed by atoms with van der Waals surface area (Å²) < 4.78 is 5.54. The highest BCUT2D eigenvalue weighted by molar-refractivity contribution is 5.79. The average molecular weight is 211 g/mol. The van der Waals surface area contributed by atoms with Gasteiger partial charge in [0.05, 0.1) is 11.5 Å². The first-order valence-electron chi connectivity index (χ1n) is 5.65. The lowest BCUT2D eigenvalue weighted by molar-refractivity contribution is 0.324. The van der Waals surface area contributed by atoms with Crippen LogP contribution in [0.3, 0.4) is 0 Å². The van der Waals surface area contributed by atoms with E-state index in [1.807, 2.05) is 25.1 Å². The molecule has 0 spiro atoms. The number of hydrogen-bond donors (Lipinski definition) is 0. The van der Waals surface area contributed by atoms with E-state index in [1.165, 1.54) is 0 Å². The molecule has 1 heterocycles. The van der Waals surface area contributed by atoms with Crippen LogP contribution in [0.15, 0.2) is 28.7 Å². The van der Waals surface area contributed by atoms with Crippen molar-refractivity contribution in [1.29, 1.82) is 5.26 Å². The Hall–Kier alpha value is -1.75. The number of furan rings is 1. The molecule has 2 heteroatoms. The van der Waals surface area contributed by atoms with Gasteiger partial charge >= 0.3 is 0 Å². The average Bonchev–Trinajstić information content (AvgIpc) is 2.56. The van der Waals surface area contributed by atoms with Crippen LogP contribution in [-0.2, 0) is 5.41 Å². The Balaban J connectivity index is 2.15. The molecule has 1 fully saturated rings. The maximum Gasteiger partial charge on any atom is 0.134 e. The molecule has 0 atom stereocenters. The highest BCUT2D eigenvalue weighted by atomic mass is 16.3. The van der Waals surface area contributed by atoms with Crippen molar-refractivity contribution in [2.75, 3.05) is 0 Å². The van der Waals surface area contributed by atoms with Crippen LogP contribution in [0.4, 0.5) is 0 Å². The molecule has 3 rings (SSSR count). The number of rotatable bonds is 1. The van der Waals surface area contributed by atoms with Gasteiger partial charge in [-0.25, -0.2) is 0 Å². The van der Waals surface area contributed by atoms with Gasteiger partial charge in [-0.15, -0.1) is 0 Å². The summed E-state index contributed by atoms with van der Waals surface area (Å²) in [6, 6.07) is 10.6. The number of nitriles is 1. The lowest BCUT2D eigenvalue weighted by atomic mass is 9.65. The topological polar surface area (TPSA) is 36.9 Å². The predicted molar refractivity (Wildman–Crippen MR) is 62.1 cm³/mol. The van der Waals surface area contributed by atoms with E-state index in [1.54, 1.807) is 0 Å². The van der Waals surface area contributed by atoms with Crippen LogP contribution in [0.2, 0.25) is 0 Å². The van der Waals surface area contributed by atoms with Crippen molar-refractivity contribution in [3.05, 3.63) is 35.6 Å². The van der Waals surface area contributed by atoms with Gasteiger partial charge in [-0.1, -0.05) is 6.07 Å². The molecule has 1 aromatic carbocycles. The summed E-state index contributed by atoms with van der Waals surface area (Å²) in [5.41, 5.74) is 1.84. The summed E-state index contributed by atoms with van der Waals surface area (Å²) in [4.78, 5) is 0. The van der Waals surface area contributed by atoms with Gasteiger partial charge in [0.2, 0.25) is 0 Å². The smallest absolute Gasteiger partial charge is 0.134 e. The minimum absolute atomic E-state index is 0.223. The van der Waals surface area contributed by atoms with E-state index in [0.29, 0.717) is 0 Å². The van der Waals surface area contributed by atoms with E-state index in [0.717, 1.165) is 41.6 Å². The third-order valence-corrected chi connectivity index (χ3v) is 3.61. The van der Waals surface area contributed by atoms with Gasteiger partial charge < -0.3 is 4.42 Å². The van der Waals surface area contributed by atoms with E-state index in [4.69, 9.17) is 4.42 Å². The van der Waals surface area contributed by atoms with Gasteiger partial charge in [0.25, 0.3) is 0 Å². The number of aryl methyl sites for hydroxylation is 1. The van der Waals surface area contributed by atoms with Gasteiger partial charge in [-0.05, 0) is 49.9 Å². The van der Waals surface area contributed by atoms with Crippen molar-refractivity contribution in [3.8, 4) is 6.07 Å². The third kappa shape index (κ3) is 1.18. The first-order valence-corrected chi connectivity index (χ1v) is 5.65. The summed E-state index contributed by atoms with van der Waals surface area (Å²) >= 11 is 0. The lowest BCUT2D eigenvalue weighted by Crippen LogP contribution is -2.32. The zero-order valence-corrected chi connectivity index (χ0v) is 9.29. The summed E-state index contributed by atoms with van der Waals surface area (Å²) in [6.45, 7) is 1.95. The van der Waals surface area contributed by atoms with Crippen molar-refractivity contribution < 1.29 is 4.42 Å². The fourth-order valence-electron chi connectivity index (χ4n) is 2.47. The molecule has 0 saturated heterocycles. The molecule has 1 aromatic heterocycles. The first kappa shape index (κ1) is 9.47. The van der Waals surface area contributed by atoms with Crippen LogP contribution in [0.25, 0.3) is 11.0 Å². The Morgan fingerprint density at radius 3 is 2.75 bits per heavy atom. The molecule has 0 radical (unpaired) electrons. The van der Waals surface area contributed by atoms with Crippen LogP contribution >= 0.6 is 0 Å². The fraction of sp³-hybridized carbons (Fsp3) is 0.357. The van der Waals surface area contributed by atoms with Crippen molar-refractivity contribution in [3.63, 3.8) is 0 Å². The van der Waals surface area contributed by atoms with Crippen molar-refractivity contribution in [2.45, 2.75) is 31.6 Å². The molecule has 80 valence electrons. The number of benzene rings is 1. The molecule has 0 aliphatic heterocycles. The van der Waals surface area contributed by atoms with Crippen LogP contribution in [0.1, 0.15) is 30.6 Å². The summed E-state index contributed by atoms with van der Waals surface area (Å²) in [7, 11) is 0. The van der Waals surface area contributed by atoms with Gasteiger partial charge in [0.15, 0.2) is 0 Å². The standard InChI is InChI=1S/C14H13NO/c1-10-7-11-8-12(3-4-13(11)16-10)14(9-15)5-2-6-14/h3-4,7-8H,2,5-6H2,1H3. The number of hydrogen-bond acceptors (Lipinski definition) is 2. The lowest BCUT2D eigenvalue weighted by Gasteiger charge is -2.35. The van der Waals surface area contributed by atoms with E-state index in [2.05, 4.69) is 12.1 Å². The Morgan fingerprint density at radius 1 is 1.31 bits per heavy atom. The largest absolute Gasteiger partial charge is 0.461 e. The maximum atomic E-state index is 9.29. The van der Waals surface area contributed by atoms with Gasteiger partial charge in [0, 0.05) is 5.39 Å². The molecule has 2 nitrogen and oxygen atoms in total. The van der Waals surface area contributed by atoms with E-state index in [9.17, 15) is 5.26 Å². The summed E-state index contributed by atoms with van der Waals surface area (Å²) in [6.07, 6.45) is 3.15. The molecule has 16 heavy (non-hydrogen) atoms. The van der Waals surface area contributed by atoms with E-state index >= 15 is 0 Å². The maximum absolute atomic E-state index is 9.29. The van der Waals surface area contributed by atoms with E-state index in [-0.39, 0.29) is 5.41 Å². The second kappa shape index (κ2) is 3.12. The Bertz CT molecular complexity index is 584. The molecular formula is C14H13NO. The van der Waals surface area contributed by atoms with Crippen molar-refractivity contribution in [1.82, 2.24) is 0 Å². The zero-order valence-electron chi connectivity index (χ0n) is 9.29. The molecule has 1 aliphatic carbocycles. The van der Waals surface area contributed by atoms with Gasteiger partial charge in [-0.2, -0.15) is 5.26 Å².